The third kappa shape index (κ3) is 8.80. The molecule has 2 amide bonds. The molecular formula is C17H32N2O3. The maximum absolute atomic E-state index is 12.2. The number of amides is 2. The van der Waals surface area contributed by atoms with E-state index in [0.29, 0.717) is 12.3 Å². The summed E-state index contributed by atoms with van der Waals surface area (Å²) >= 11 is 0. The van der Waals surface area contributed by atoms with Crippen molar-refractivity contribution in [1.29, 1.82) is 0 Å². The molecule has 0 radical (unpaired) electrons. The highest BCUT2D eigenvalue weighted by atomic mass is 16.2. The van der Waals surface area contributed by atoms with Crippen molar-refractivity contribution in [2.45, 2.75) is 66.8 Å². The number of hydrogen-bond donors (Lipinski definition) is 2. The maximum atomic E-state index is 12.2. The largest absolute Gasteiger partial charge is 0.347 e. The highest BCUT2D eigenvalue weighted by molar-refractivity contribution is 5.91. The standard InChI is InChI=1S/C17H32N2O3/c1-11(2)8-7-9-15(21)19-16(13(5)6)17(22)18-10-14(20)12(3)4/h11-13,16H,7-10H2,1-6H3,(H,18,22)(H,19,21). The third-order valence-electron chi connectivity index (χ3n) is 3.53. The molecule has 0 saturated carbocycles. The van der Waals surface area contributed by atoms with E-state index >= 15 is 0 Å². The van der Waals surface area contributed by atoms with Gasteiger partial charge in [-0.25, -0.2) is 0 Å². The van der Waals surface area contributed by atoms with Crippen molar-refractivity contribution in [1.82, 2.24) is 10.6 Å². The molecule has 5 nitrogen and oxygen atoms in total. The molecule has 2 N–H and O–H groups in total. The van der Waals surface area contributed by atoms with Crippen LogP contribution in [0.4, 0.5) is 0 Å². The van der Waals surface area contributed by atoms with E-state index in [1.807, 2.05) is 13.8 Å². The van der Waals surface area contributed by atoms with Gasteiger partial charge in [0.25, 0.3) is 0 Å². The Kier molecular flexibility index (Phi) is 9.70. The molecule has 0 aromatic carbocycles. The predicted molar refractivity (Wildman–Crippen MR) is 88.3 cm³/mol. The van der Waals surface area contributed by atoms with Gasteiger partial charge in [0.2, 0.25) is 11.8 Å². The van der Waals surface area contributed by atoms with E-state index in [1.165, 1.54) is 0 Å². The first-order valence-corrected chi connectivity index (χ1v) is 8.24. The van der Waals surface area contributed by atoms with Crippen molar-refractivity contribution in [2.24, 2.45) is 17.8 Å². The van der Waals surface area contributed by atoms with Gasteiger partial charge in [0, 0.05) is 12.3 Å². The molecule has 0 fully saturated rings. The van der Waals surface area contributed by atoms with Gasteiger partial charge in [0.1, 0.15) is 6.04 Å². The molecule has 0 saturated heterocycles. The molecule has 22 heavy (non-hydrogen) atoms. The summed E-state index contributed by atoms with van der Waals surface area (Å²) in [6.07, 6.45) is 2.25. The normalized spacial score (nSPS) is 12.6. The van der Waals surface area contributed by atoms with Gasteiger partial charge in [-0.2, -0.15) is 0 Å². The molecule has 0 aliphatic carbocycles. The summed E-state index contributed by atoms with van der Waals surface area (Å²) in [6, 6.07) is -0.591. The van der Waals surface area contributed by atoms with Gasteiger partial charge >= 0.3 is 0 Å². The Labute approximate surface area is 134 Å². The van der Waals surface area contributed by atoms with Crippen LogP contribution in [0.1, 0.15) is 60.8 Å². The van der Waals surface area contributed by atoms with Crippen LogP contribution in [-0.2, 0) is 14.4 Å². The van der Waals surface area contributed by atoms with Gasteiger partial charge in [0.15, 0.2) is 5.78 Å². The average Bonchev–Trinajstić information content (AvgIpc) is 2.40. The van der Waals surface area contributed by atoms with E-state index < -0.39 is 6.04 Å². The molecular weight excluding hydrogens is 280 g/mol. The van der Waals surface area contributed by atoms with E-state index in [2.05, 4.69) is 24.5 Å². The fourth-order valence-electron chi connectivity index (χ4n) is 1.94. The second-order valence-electron chi connectivity index (χ2n) is 6.91. The lowest BCUT2D eigenvalue weighted by atomic mass is 10.0. The minimum absolute atomic E-state index is 0.0147. The molecule has 1 atom stereocenters. The highest BCUT2D eigenvalue weighted by Gasteiger charge is 2.24. The molecule has 0 aromatic rings. The van der Waals surface area contributed by atoms with Gasteiger partial charge in [-0.3, -0.25) is 14.4 Å². The molecule has 128 valence electrons. The van der Waals surface area contributed by atoms with E-state index in [1.54, 1.807) is 13.8 Å². The summed E-state index contributed by atoms with van der Waals surface area (Å²) in [6.45, 7) is 11.6. The van der Waals surface area contributed by atoms with Crippen LogP contribution < -0.4 is 10.6 Å². The minimum Gasteiger partial charge on any atom is -0.347 e. The lowest BCUT2D eigenvalue weighted by Gasteiger charge is -2.22. The number of Topliss-reactive ketones (excluding diaryl/α,β-unsaturated/α-hetero) is 1. The molecule has 0 aromatic heterocycles. The van der Waals surface area contributed by atoms with Gasteiger partial charge in [-0.05, 0) is 18.3 Å². The molecule has 0 spiro atoms. The zero-order chi connectivity index (χ0) is 17.3. The van der Waals surface area contributed by atoms with E-state index in [0.717, 1.165) is 12.8 Å². The number of carbonyl (C=O) groups is 3. The Morgan fingerprint density at radius 3 is 2.00 bits per heavy atom. The van der Waals surface area contributed by atoms with Crippen LogP contribution in [0.15, 0.2) is 0 Å². The quantitative estimate of drug-likeness (QED) is 0.650. The number of nitrogens with one attached hydrogen (secondary N) is 2. The first-order chi connectivity index (χ1) is 10.1. The van der Waals surface area contributed by atoms with Crippen molar-refractivity contribution in [2.75, 3.05) is 6.54 Å². The average molecular weight is 312 g/mol. The topological polar surface area (TPSA) is 75.3 Å². The Bertz CT molecular complexity index is 376. The lowest BCUT2D eigenvalue weighted by Crippen LogP contribution is -2.50. The fraction of sp³-hybridized carbons (Fsp3) is 0.824. The van der Waals surface area contributed by atoms with Crippen LogP contribution in [-0.4, -0.2) is 30.2 Å². The molecule has 0 rings (SSSR count). The second kappa shape index (κ2) is 10.4. The number of rotatable bonds is 10. The minimum atomic E-state index is -0.591. The van der Waals surface area contributed by atoms with Crippen molar-refractivity contribution in [3.63, 3.8) is 0 Å². The zero-order valence-electron chi connectivity index (χ0n) is 14.9. The Morgan fingerprint density at radius 1 is 0.955 bits per heavy atom. The van der Waals surface area contributed by atoms with E-state index in [9.17, 15) is 14.4 Å². The first-order valence-electron chi connectivity index (χ1n) is 8.24. The Balaban J connectivity index is 4.37. The molecule has 1 unspecified atom stereocenters. The van der Waals surface area contributed by atoms with Crippen molar-refractivity contribution >= 4 is 17.6 Å². The van der Waals surface area contributed by atoms with Gasteiger partial charge < -0.3 is 10.6 Å². The van der Waals surface area contributed by atoms with E-state index in [4.69, 9.17) is 0 Å². The van der Waals surface area contributed by atoms with Crippen LogP contribution in [0.25, 0.3) is 0 Å². The molecule has 5 heteroatoms. The summed E-state index contributed by atoms with van der Waals surface area (Å²) in [5.41, 5.74) is 0. The molecule has 0 aliphatic rings. The Morgan fingerprint density at radius 2 is 1.55 bits per heavy atom. The van der Waals surface area contributed by atoms with Crippen molar-refractivity contribution < 1.29 is 14.4 Å². The first kappa shape index (κ1) is 20.6. The van der Waals surface area contributed by atoms with Crippen LogP contribution in [0.2, 0.25) is 0 Å². The summed E-state index contributed by atoms with van der Waals surface area (Å²) in [5, 5.41) is 5.40. The SMILES string of the molecule is CC(C)CCCC(=O)NC(C(=O)NCC(=O)C(C)C)C(C)C. The number of hydrogen-bond acceptors (Lipinski definition) is 3. The molecule has 0 bridgehead atoms. The van der Waals surface area contributed by atoms with E-state index in [-0.39, 0.29) is 36.0 Å². The lowest BCUT2D eigenvalue weighted by molar-refractivity contribution is -0.131. The monoisotopic (exact) mass is 312 g/mol. The Hall–Kier alpha value is -1.39. The summed E-state index contributed by atoms with van der Waals surface area (Å²) in [4.78, 5) is 35.6. The summed E-state index contributed by atoms with van der Waals surface area (Å²) < 4.78 is 0. The van der Waals surface area contributed by atoms with Gasteiger partial charge in [-0.15, -0.1) is 0 Å². The third-order valence-corrected chi connectivity index (χ3v) is 3.53. The number of carbonyl (C=O) groups excluding carboxylic acids is 3. The smallest absolute Gasteiger partial charge is 0.243 e. The zero-order valence-corrected chi connectivity index (χ0v) is 14.9. The van der Waals surface area contributed by atoms with Crippen LogP contribution in [0.5, 0.6) is 0 Å². The van der Waals surface area contributed by atoms with Crippen LogP contribution in [0, 0.1) is 17.8 Å². The second-order valence-corrected chi connectivity index (χ2v) is 6.91. The van der Waals surface area contributed by atoms with Gasteiger partial charge in [0.05, 0.1) is 6.54 Å². The summed E-state index contributed by atoms with van der Waals surface area (Å²) in [7, 11) is 0. The van der Waals surface area contributed by atoms with Crippen LogP contribution in [0.3, 0.4) is 0 Å². The predicted octanol–water partition coefficient (Wildman–Crippen LogP) is 2.29. The maximum Gasteiger partial charge on any atom is 0.243 e. The molecule has 0 heterocycles. The highest BCUT2D eigenvalue weighted by Crippen LogP contribution is 2.07. The van der Waals surface area contributed by atoms with Crippen molar-refractivity contribution in [3.8, 4) is 0 Å². The fourth-order valence-corrected chi connectivity index (χ4v) is 1.94. The van der Waals surface area contributed by atoms with Gasteiger partial charge in [-0.1, -0.05) is 48.0 Å². The summed E-state index contributed by atoms with van der Waals surface area (Å²) in [5.74, 6) is 0.0238. The molecule has 0 aliphatic heterocycles. The van der Waals surface area contributed by atoms with Crippen LogP contribution >= 0.6 is 0 Å². The number of ketones is 1. The van der Waals surface area contributed by atoms with Crippen molar-refractivity contribution in [3.05, 3.63) is 0 Å².